The molecular weight excluding hydrogens is 218 g/mol. The predicted octanol–water partition coefficient (Wildman–Crippen LogP) is 1.45. The van der Waals surface area contributed by atoms with E-state index in [4.69, 9.17) is 5.11 Å². The predicted molar refractivity (Wildman–Crippen MR) is 64.6 cm³/mol. The third-order valence-electron chi connectivity index (χ3n) is 2.46. The highest BCUT2D eigenvalue weighted by molar-refractivity contribution is 5.84. The molecule has 0 radical (unpaired) electrons. The van der Waals surface area contributed by atoms with Gasteiger partial charge in [-0.05, 0) is 11.5 Å². The average Bonchev–Trinajstić information content (AvgIpc) is 2.26. The van der Waals surface area contributed by atoms with Crippen LogP contribution < -0.4 is 5.32 Å². The van der Waals surface area contributed by atoms with Crippen LogP contribution in [-0.4, -0.2) is 23.0 Å². The van der Waals surface area contributed by atoms with Crippen LogP contribution in [0.4, 0.5) is 0 Å². The van der Waals surface area contributed by atoms with Gasteiger partial charge in [0.05, 0.1) is 6.42 Å². The van der Waals surface area contributed by atoms with Crippen molar-refractivity contribution in [3.63, 3.8) is 0 Å². The van der Waals surface area contributed by atoms with Gasteiger partial charge in [-0.25, -0.2) is 4.79 Å². The van der Waals surface area contributed by atoms with Crippen LogP contribution in [0.1, 0.15) is 19.4 Å². The van der Waals surface area contributed by atoms with Crippen LogP contribution in [0.15, 0.2) is 30.3 Å². The normalized spacial score (nSPS) is 12.2. The van der Waals surface area contributed by atoms with Crippen LogP contribution >= 0.6 is 0 Å². The average molecular weight is 235 g/mol. The van der Waals surface area contributed by atoms with Gasteiger partial charge in [-0.2, -0.15) is 0 Å². The van der Waals surface area contributed by atoms with E-state index in [0.717, 1.165) is 5.56 Å². The number of hydrogen-bond acceptors (Lipinski definition) is 2. The van der Waals surface area contributed by atoms with Gasteiger partial charge in [0.25, 0.3) is 0 Å². The smallest absolute Gasteiger partial charge is 0.326 e. The molecule has 1 amide bonds. The minimum absolute atomic E-state index is 0.132. The first-order chi connectivity index (χ1) is 8.00. The third-order valence-corrected chi connectivity index (χ3v) is 2.46. The van der Waals surface area contributed by atoms with Crippen molar-refractivity contribution in [2.45, 2.75) is 26.3 Å². The zero-order valence-corrected chi connectivity index (χ0v) is 10.0. The molecule has 1 aromatic carbocycles. The Bertz CT molecular complexity index is 387. The van der Waals surface area contributed by atoms with Gasteiger partial charge in [0, 0.05) is 0 Å². The van der Waals surface area contributed by atoms with E-state index in [9.17, 15) is 9.59 Å². The van der Waals surface area contributed by atoms with Gasteiger partial charge in [0.2, 0.25) is 5.91 Å². The number of benzene rings is 1. The van der Waals surface area contributed by atoms with Crippen LogP contribution in [0, 0.1) is 5.92 Å². The maximum Gasteiger partial charge on any atom is 0.326 e. The van der Waals surface area contributed by atoms with Crippen molar-refractivity contribution in [2.75, 3.05) is 0 Å². The first-order valence-electron chi connectivity index (χ1n) is 5.57. The summed E-state index contributed by atoms with van der Waals surface area (Å²) in [6, 6.07) is 8.41. The highest BCUT2D eigenvalue weighted by atomic mass is 16.4. The maximum absolute atomic E-state index is 11.7. The van der Waals surface area contributed by atoms with Crippen LogP contribution in [-0.2, 0) is 16.0 Å². The van der Waals surface area contributed by atoms with E-state index in [-0.39, 0.29) is 18.2 Å². The zero-order valence-electron chi connectivity index (χ0n) is 10.0. The summed E-state index contributed by atoms with van der Waals surface area (Å²) < 4.78 is 0. The molecule has 0 aliphatic carbocycles. The van der Waals surface area contributed by atoms with Crippen LogP contribution in [0.5, 0.6) is 0 Å². The first-order valence-corrected chi connectivity index (χ1v) is 5.57. The lowest BCUT2D eigenvalue weighted by Gasteiger charge is -2.17. The summed E-state index contributed by atoms with van der Waals surface area (Å²) in [7, 11) is 0. The summed E-state index contributed by atoms with van der Waals surface area (Å²) in [5, 5.41) is 11.5. The number of amides is 1. The second-order valence-corrected chi connectivity index (χ2v) is 4.29. The molecule has 4 heteroatoms. The van der Waals surface area contributed by atoms with Gasteiger partial charge in [0.15, 0.2) is 0 Å². The fourth-order valence-electron chi connectivity index (χ4n) is 1.52. The molecule has 0 aliphatic heterocycles. The molecule has 0 aliphatic rings. The Balaban J connectivity index is 2.57. The minimum Gasteiger partial charge on any atom is -0.480 e. The molecule has 4 nitrogen and oxygen atoms in total. The Morgan fingerprint density at radius 1 is 1.24 bits per heavy atom. The second kappa shape index (κ2) is 6.03. The number of carboxylic acid groups (broad SMARTS) is 1. The van der Waals surface area contributed by atoms with Crippen molar-refractivity contribution < 1.29 is 14.7 Å². The summed E-state index contributed by atoms with van der Waals surface area (Å²) >= 11 is 0. The molecule has 0 heterocycles. The fraction of sp³-hybridized carbons (Fsp3) is 0.385. The highest BCUT2D eigenvalue weighted by Crippen LogP contribution is 2.04. The molecule has 92 valence electrons. The van der Waals surface area contributed by atoms with E-state index in [1.807, 2.05) is 30.3 Å². The van der Waals surface area contributed by atoms with E-state index in [2.05, 4.69) is 5.32 Å². The summed E-state index contributed by atoms with van der Waals surface area (Å²) in [6.07, 6.45) is 0.206. The van der Waals surface area contributed by atoms with Crippen molar-refractivity contribution in [1.29, 1.82) is 0 Å². The lowest BCUT2D eigenvalue weighted by Crippen LogP contribution is -2.44. The second-order valence-electron chi connectivity index (χ2n) is 4.29. The Morgan fingerprint density at radius 2 is 1.82 bits per heavy atom. The molecule has 1 atom stereocenters. The molecular formula is C13H17NO3. The van der Waals surface area contributed by atoms with Crippen molar-refractivity contribution >= 4 is 11.9 Å². The molecule has 0 fully saturated rings. The lowest BCUT2D eigenvalue weighted by molar-refractivity contribution is -0.143. The molecule has 0 aromatic heterocycles. The van der Waals surface area contributed by atoms with E-state index in [1.165, 1.54) is 0 Å². The monoisotopic (exact) mass is 235 g/mol. The Labute approximate surface area is 101 Å². The van der Waals surface area contributed by atoms with Gasteiger partial charge in [-0.15, -0.1) is 0 Å². The number of carbonyl (C=O) groups is 2. The highest BCUT2D eigenvalue weighted by Gasteiger charge is 2.23. The quantitative estimate of drug-likeness (QED) is 0.811. The summed E-state index contributed by atoms with van der Waals surface area (Å²) in [5.74, 6) is -1.40. The molecule has 0 unspecified atom stereocenters. The van der Waals surface area contributed by atoms with Crippen LogP contribution in [0.3, 0.4) is 0 Å². The number of hydrogen-bond donors (Lipinski definition) is 2. The first kappa shape index (κ1) is 13.2. The molecule has 0 bridgehead atoms. The third kappa shape index (κ3) is 4.26. The van der Waals surface area contributed by atoms with Crippen molar-refractivity contribution in [3.8, 4) is 0 Å². The van der Waals surface area contributed by atoms with Crippen LogP contribution in [0.25, 0.3) is 0 Å². The molecule has 17 heavy (non-hydrogen) atoms. The van der Waals surface area contributed by atoms with Gasteiger partial charge >= 0.3 is 5.97 Å². The number of carboxylic acids is 1. The van der Waals surface area contributed by atoms with Gasteiger partial charge in [-0.3, -0.25) is 4.79 Å². The molecule has 0 saturated carbocycles. The molecule has 1 aromatic rings. The Hall–Kier alpha value is -1.84. The molecule has 0 saturated heterocycles. The number of carbonyl (C=O) groups excluding carboxylic acids is 1. The van der Waals surface area contributed by atoms with E-state index in [1.54, 1.807) is 13.8 Å². The Kier molecular flexibility index (Phi) is 4.69. The summed E-state index contributed by atoms with van der Waals surface area (Å²) in [4.78, 5) is 22.6. The summed E-state index contributed by atoms with van der Waals surface area (Å²) in [6.45, 7) is 3.53. The number of aliphatic carboxylic acids is 1. The van der Waals surface area contributed by atoms with E-state index >= 15 is 0 Å². The van der Waals surface area contributed by atoms with Gasteiger partial charge in [0.1, 0.15) is 6.04 Å². The minimum atomic E-state index is -0.999. The molecule has 2 N–H and O–H groups in total. The van der Waals surface area contributed by atoms with Gasteiger partial charge in [-0.1, -0.05) is 44.2 Å². The van der Waals surface area contributed by atoms with Crippen molar-refractivity contribution in [3.05, 3.63) is 35.9 Å². The van der Waals surface area contributed by atoms with Crippen molar-refractivity contribution in [1.82, 2.24) is 5.32 Å². The zero-order chi connectivity index (χ0) is 12.8. The van der Waals surface area contributed by atoms with Gasteiger partial charge < -0.3 is 10.4 Å². The van der Waals surface area contributed by atoms with Crippen molar-refractivity contribution in [2.24, 2.45) is 5.92 Å². The SMILES string of the molecule is CC(C)[C@H](NC(=O)Cc1ccccc1)C(=O)O. The maximum atomic E-state index is 11.7. The van der Waals surface area contributed by atoms with E-state index in [0.29, 0.717) is 0 Å². The largest absolute Gasteiger partial charge is 0.480 e. The molecule has 0 spiro atoms. The fourth-order valence-corrected chi connectivity index (χ4v) is 1.52. The summed E-state index contributed by atoms with van der Waals surface area (Å²) in [5.41, 5.74) is 0.873. The van der Waals surface area contributed by atoms with E-state index < -0.39 is 12.0 Å². The standard InChI is InChI=1S/C13H17NO3/c1-9(2)12(13(16)17)14-11(15)8-10-6-4-3-5-7-10/h3-7,9,12H,8H2,1-2H3,(H,14,15)(H,16,17)/t12-/m0/s1. The topological polar surface area (TPSA) is 66.4 Å². The molecule has 1 rings (SSSR count). The Morgan fingerprint density at radius 3 is 2.29 bits per heavy atom. The van der Waals surface area contributed by atoms with Crippen LogP contribution in [0.2, 0.25) is 0 Å². The number of nitrogens with one attached hydrogen (secondary N) is 1. The lowest BCUT2D eigenvalue weighted by atomic mass is 10.0. The number of rotatable bonds is 5.